The molecule has 0 saturated carbocycles. The standard InChI is InChI=1S/C24H28IN3O3/c25-19-7-5-17(6-8-19)23(29)18-10-14-28(15-11-18)13-2-16-31-24(30)27-22-4-1-3-21-20(22)9-12-26-21/h1,3-8,18,26H,2,9-16H2,(H,27,30). The van der Waals surface area contributed by atoms with Crippen LogP contribution in [0.25, 0.3) is 0 Å². The van der Waals surface area contributed by atoms with Crippen molar-refractivity contribution in [1.82, 2.24) is 4.90 Å². The van der Waals surface area contributed by atoms with E-state index in [1.165, 1.54) is 0 Å². The van der Waals surface area contributed by atoms with Crippen LogP contribution in [0.1, 0.15) is 35.2 Å². The van der Waals surface area contributed by atoms with Gasteiger partial charge in [-0.2, -0.15) is 0 Å². The molecule has 0 aliphatic carbocycles. The average Bonchev–Trinajstić information content (AvgIpc) is 3.27. The molecule has 4 rings (SSSR count). The molecular weight excluding hydrogens is 505 g/mol. The molecule has 6 nitrogen and oxygen atoms in total. The number of carbonyl (C=O) groups excluding carboxylic acids is 2. The summed E-state index contributed by atoms with van der Waals surface area (Å²) in [7, 11) is 0. The Bertz CT molecular complexity index is 924. The first-order chi connectivity index (χ1) is 15.1. The lowest BCUT2D eigenvalue weighted by atomic mass is 9.89. The second-order valence-corrected chi connectivity index (χ2v) is 9.36. The highest BCUT2D eigenvalue weighted by Gasteiger charge is 2.25. The molecule has 0 aromatic heterocycles. The lowest BCUT2D eigenvalue weighted by molar-refractivity contribution is 0.0830. The third-order valence-corrected chi connectivity index (χ3v) is 6.76. The molecule has 7 heteroatoms. The number of hydrogen-bond donors (Lipinski definition) is 2. The van der Waals surface area contributed by atoms with E-state index in [9.17, 15) is 9.59 Å². The van der Waals surface area contributed by atoms with Crippen LogP contribution in [0, 0.1) is 9.49 Å². The van der Waals surface area contributed by atoms with Gasteiger partial charge in [-0.15, -0.1) is 0 Å². The summed E-state index contributed by atoms with van der Waals surface area (Å²) in [5.74, 6) is 0.374. The number of ketones is 1. The number of rotatable bonds is 7. The van der Waals surface area contributed by atoms with Crippen LogP contribution in [0.15, 0.2) is 42.5 Å². The highest BCUT2D eigenvalue weighted by atomic mass is 127. The third kappa shape index (κ3) is 5.77. The van der Waals surface area contributed by atoms with E-state index in [4.69, 9.17) is 4.74 Å². The van der Waals surface area contributed by atoms with E-state index in [0.29, 0.717) is 6.61 Å². The molecule has 0 atom stereocenters. The Balaban J connectivity index is 1.14. The third-order valence-electron chi connectivity index (χ3n) is 6.04. The zero-order valence-corrected chi connectivity index (χ0v) is 19.7. The van der Waals surface area contributed by atoms with Crippen LogP contribution < -0.4 is 10.6 Å². The van der Waals surface area contributed by atoms with E-state index in [1.54, 1.807) is 0 Å². The number of fused-ring (bicyclic) bond motifs is 1. The van der Waals surface area contributed by atoms with Gasteiger partial charge in [0.25, 0.3) is 0 Å². The van der Waals surface area contributed by atoms with Crippen molar-refractivity contribution in [3.05, 3.63) is 57.2 Å². The second kappa shape index (κ2) is 10.5. The van der Waals surface area contributed by atoms with Crippen LogP contribution in [0.4, 0.5) is 16.2 Å². The maximum atomic E-state index is 12.7. The largest absolute Gasteiger partial charge is 0.449 e. The number of likely N-dealkylation sites (tertiary alicyclic amines) is 1. The zero-order valence-electron chi connectivity index (χ0n) is 17.5. The van der Waals surface area contributed by atoms with Gasteiger partial charge >= 0.3 is 6.09 Å². The zero-order chi connectivity index (χ0) is 21.6. The average molecular weight is 533 g/mol. The van der Waals surface area contributed by atoms with E-state index in [2.05, 4.69) is 38.1 Å². The summed E-state index contributed by atoms with van der Waals surface area (Å²) < 4.78 is 6.51. The summed E-state index contributed by atoms with van der Waals surface area (Å²) in [6.45, 7) is 3.99. The minimum atomic E-state index is -0.401. The summed E-state index contributed by atoms with van der Waals surface area (Å²) in [6.07, 6.45) is 3.08. The topological polar surface area (TPSA) is 70.7 Å². The maximum Gasteiger partial charge on any atom is 0.411 e. The first kappa shape index (κ1) is 22.1. The van der Waals surface area contributed by atoms with Crippen molar-refractivity contribution in [2.24, 2.45) is 5.92 Å². The van der Waals surface area contributed by atoms with Gasteiger partial charge in [-0.1, -0.05) is 18.2 Å². The van der Waals surface area contributed by atoms with E-state index in [0.717, 1.165) is 77.9 Å². The lowest BCUT2D eigenvalue weighted by Crippen LogP contribution is -2.37. The Hall–Kier alpha value is -2.13. The Morgan fingerprint density at radius 2 is 1.90 bits per heavy atom. The number of hydrogen-bond acceptors (Lipinski definition) is 5. The molecule has 1 saturated heterocycles. The van der Waals surface area contributed by atoms with Crippen molar-refractivity contribution in [2.45, 2.75) is 25.7 Å². The lowest BCUT2D eigenvalue weighted by Gasteiger charge is -2.31. The number of anilines is 2. The number of Topliss-reactive ketones (excluding diaryl/α,β-unsaturated/α-hetero) is 1. The second-order valence-electron chi connectivity index (χ2n) is 8.11. The van der Waals surface area contributed by atoms with Crippen LogP contribution in [0.5, 0.6) is 0 Å². The van der Waals surface area contributed by atoms with Gasteiger partial charge in [-0.25, -0.2) is 4.79 Å². The van der Waals surface area contributed by atoms with Crippen LogP contribution in [-0.2, 0) is 11.2 Å². The van der Waals surface area contributed by atoms with E-state index in [-0.39, 0.29) is 11.7 Å². The molecule has 2 N–H and O–H groups in total. The van der Waals surface area contributed by atoms with Crippen LogP contribution >= 0.6 is 22.6 Å². The fourth-order valence-corrected chi connectivity index (χ4v) is 4.69. The highest BCUT2D eigenvalue weighted by Crippen LogP contribution is 2.29. The molecule has 2 aromatic carbocycles. The van der Waals surface area contributed by atoms with Gasteiger partial charge < -0.3 is 15.0 Å². The van der Waals surface area contributed by atoms with Crippen molar-refractivity contribution in [1.29, 1.82) is 0 Å². The molecule has 2 aromatic rings. The smallest absolute Gasteiger partial charge is 0.411 e. The maximum absolute atomic E-state index is 12.7. The number of piperidine rings is 1. The number of halogens is 1. The summed E-state index contributed by atoms with van der Waals surface area (Å²) in [4.78, 5) is 27.2. The SMILES string of the molecule is O=C(Nc1cccc2c1CCN2)OCCCN1CCC(C(=O)c2ccc(I)cc2)CC1. The molecular formula is C24H28IN3O3. The van der Waals surface area contributed by atoms with Gasteiger partial charge in [0, 0.05) is 45.1 Å². The summed E-state index contributed by atoms with van der Waals surface area (Å²) in [6, 6.07) is 13.7. The van der Waals surface area contributed by atoms with E-state index in [1.807, 2.05) is 42.5 Å². The molecule has 0 spiro atoms. The molecule has 1 amide bonds. The van der Waals surface area contributed by atoms with Gasteiger partial charge in [-0.05, 0) is 85.6 Å². The van der Waals surface area contributed by atoms with E-state index >= 15 is 0 Å². The number of benzene rings is 2. The van der Waals surface area contributed by atoms with Gasteiger partial charge in [0.15, 0.2) is 5.78 Å². The monoisotopic (exact) mass is 533 g/mol. The van der Waals surface area contributed by atoms with Crippen molar-refractivity contribution in [3.63, 3.8) is 0 Å². The molecule has 2 aliphatic heterocycles. The molecule has 1 fully saturated rings. The molecule has 0 bridgehead atoms. The highest BCUT2D eigenvalue weighted by molar-refractivity contribution is 14.1. The predicted molar refractivity (Wildman–Crippen MR) is 131 cm³/mol. The molecule has 0 unspecified atom stereocenters. The molecule has 164 valence electrons. The Morgan fingerprint density at radius 1 is 1.13 bits per heavy atom. The van der Waals surface area contributed by atoms with E-state index < -0.39 is 6.09 Å². The normalized spacial score (nSPS) is 16.4. The molecule has 0 radical (unpaired) electrons. The van der Waals surface area contributed by atoms with Gasteiger partial charge in [0.2, 0.25) is 0 Å². The Kier molecular flexibility index (Phi) is 7.45. The number of nitrogens with one attached hydrogen (secondary N) is 2. The van der Waals surface area contributed by atoms with Crippen molar-refractivity contribution < 1.29 is 14.3 Å². The van der Waals surface area contributed by atoms with Crippen LogP contribution in [0.2, 0.25) is 0 Å². The minimum Gasteiger partial charge on any atom is -0.449 e. The molecule has 2 aliphatic rings. The molecule has 31 heavy (non-hydrogen) atoms. The summed E-state index contributed by atoms with van der Waals surface area (Å²) in [5.41, 5.74) is 3.87. The first-order valence-corrected chi connectivity index (χ1v) is 12.0. The van der Waals surface area contributed by atoms with Crippen LogP contribution in [-0.4, -0.2) is 49.6 Å². The van der Waals surface area contributed by atoms with Gasteiger partial charge in [-0.3, -0.25) is 10.1 Å². The number of ether oxygens (including phenoxy) is 1. The Labute approximate surface area is 196 Å². The summed E-state index contributed by atoms with van der Waals surface area (Å²) >= 11 is 2.25. The van der Waals surface area contributed by atoms with Gasteiger partial charge in [0.1, 0.15) is 0 Å². The fraction of sp³-hybridized carbons (Fsp3) is 0.417. The number of carbonyl (C=O) groups is 2. The fourth-order valence-electron chi connectivity index (χ4n) is 4.33. The number of amides is 1. The summed E-state index contributed by atoms with van der Waals surface area (Å²) in [5, 5.41) is 6.17. The van der Waals surface area contributed by atoms with Gasteiger partial charge in [0.05, 0.1) is 6.61 Å². The van der Waals surface area contributed by atoms with Crippen molar-refractivity contribution in [2.75, 3.05) is 43.4 Å². The Morgan fingerprint density at radius 3 is 2.68 bits per heavy atom. The minimum absolute atomic E-state index is 0.112. The van der Waals surface area contributed by atoms with Crippen molar-refractivity contribution >= 4 is 45.8 Å². The predicted octanol–water partition coefficient (Wildman–Crippen LogP) is 4.79. The quantitative estimate of drug-likeness (QED) is 0.304. The van der Waals surface area contributed by atoms with Crippen LogP contribution in [0.3, 0.4) is 0 Å². The number of nitrogens with zero attached hydrogens (tertiary/aromatic N) is 1. The molecule has 2 heterocycles. The van der Waals surface area contributed by atoms with Crippen molar-refractivity contribution in [3.8, 4) is 0 Å². The first-order valence-electron chi connectivity index (χ1n) is 10.9.